The number of piperidine rings is 1. The molecule has 2 aromatic rings. The number of carbonyl (C=O) groups excluding carboxylic acids is 1. The lowest BCUT2D eigenvalue weighted by molar-refractivity contribution is 0.0767. The zero-order chi connectivity index (χ0) is 18.1. The van der Waals surface area contributed by atoms with Crippen molar-refractivity contribution >= 4 is 11.9 Å². The Morgan fingerprint density at radius 3 is 2.62 bits per heavy atom. The predicted octanol–water partition coefficient (Wildman–Crippen LogP) is 2.45. The summed E-state index contributed by atoms with van der Waals surface area (Å²) < 4.78 is 13.1. The van der Waals surface area contributed by atoms with Crippen LogP contribution in [0.2, 0.25) is 0 Å². The van der Waals surface area contributed by atoms with Gasteiger partial charge in [0.15, 0.2) is 5.82 Å². The monoisotopic (exact) mass is 355 g/mol. The van der Waals surface area contributed by atoms with Crippen molar-refractivity contribution in [3.8, 4) is 0 Å². The van der Waals surface area contributed by atoms with E-state index in [1.165, 1.54) is 12.4 Å². The number of carbonyl (C=O) groups is 1. The smallest absolute Gasteiger partial charge is 0.255 e. The topological polar surface area (TPSA) is 62.2 Å². The fourth-order valence-electron chi connectivity index (χ4n) is 4.07. The van der Waals surface area contributed by atoms with Gasteiger partial charge < -0.3 is 9.80 Å². The summed E-state index contributed by atoms with van der Waals surface area (Å²) in [7, 11) is 0. The zero-order valence-electron chi connectivity index (χ0n) is 14.9. The molecule has 0 aliphatic carbocycles. The Bertz CT molecular complexity index is 795. The highest BCUT2D eigenvalue weighted by molar-refractivity contribution is 5.94. The fourth-order valence-corrected chi connectivity index (χ4v) is 4.07. The largest absolute Gasteiger partial charge is 0.340 e. The fraction of sp³-hybridized carbons (Fsp3) is 0.474. The van der Waals surface area contributed by atoms with Crippen molar-refractivity contribution in [2.24, 2.45) is 5.41 Å². The van der Waals surface area contributed by atoms with Crippen molar-refractivity contribution in [3.05, 3.63) is 47.8 Å². The summed E-state index contributed by atoms with van der Waals surface area (Å²) in [6.45, 7) is 5.06. The summed E-state index contributed by atoms with van der Waals surface area (Å²) in [5.41, 5.74) is 1.60. The molecule has 2 fully saturated rings. The van der Waals surface area contributed by atoms with Gasteiger partial charge in [-0.3, -0.25) is 9.78 Å². The molecule has 0 radical (unpaired) electrons. The van der Waals surface area contributed by atoms with Crippen molar-refractivity contribution in [2.75, 3.05) is 31.1 Å². The SMILES string of the molecule is Cc1ccc(C(=O)N2CC[C@@]3(CCCN(c4ncc(F)cn4)C3)C2)cn1. The van der Waals surface area contributed by atoms with Crippen molar-refractivity contribution in [2.45, 2.75) is 26.2 Å². The maximum atomic E-state index is 13.1. The van der Waals surface area contributed by atoms with Crippen molar-refractivity contribution in [1.82, 2.24) is 19.9 Å². The molecule has 0 aromatic carbocycles. The molecule has 4 rings (SSSR count). The summed E-state index contributed by atoms with van der Waals surface area (Å²) in [6, 6.07) is 3.71. The van der Waals surface area contributed by atoms with Crippen molar-refractivity contribution in [3.63, 3.8) is 0 Å². The standard InChI is InChI=1S/C19H22FN5O/c1-14-3-4-15(9-21-14)17(26)24-8-6-19(12-24)5-2-7-25(13-19)18-22-10-16(20)11-23-18/h3-4,9-11H,2,5-8,12-13H2,1H3/t19-/m0/s1. The van der Waals surface area contributed by atoms with Crippen LogP contribution in [-0.2, 0) is 0 Å². The van der Waals surface area contributed by atoms with Gasteiger partial charge in [-0.15, -0.1) is 0 Å². The van der Waals surface area contributed by atoms with Gasteiger partial charge in [-0.2, -0.15) is 0 Å². The van der Waals surface area contributed by atoms with Crippen LogP contribution in [0.5, 0.6) is 0 Å². The van der Waals surface area contributed by atoms with Crippen LogP contribution in [0.4, 0.5) is 10.3 Å². The Balaban J connectivity index is 1.47. The van der Waals surface area contributed by atoms with Gasteiger partial charge in [0.05, 0.1) is 18.0 Å². The van der Waals surface area contributed by atoms with Gasteiger partial charge in [-0.1, -0.05) is 0 Å². The van der Waals surface area contributed by atoms with E-state index in [1.54, 1.807) is 6.20 Å². The molecule has 2 aliphatic heterocycles. The molecule has 26 heavy (non-hydrogen) atoms. The Labute approximate surface area is 152 Å². The number of amides is 1. The number of halogens is 1. The summed E-state index contributed by atoms with van der Waals surface area (Å²) in [4.78, 5) is 29.3. The molecular weight excluding hydrogens is 333 g/mol. The minimum absolute atomic E-state index is 0.0459. The minimum atomic E-state index is -0.426. The van der Waals surface area contributed by atoms with Crippen LogP contribution in [-0.4, -0.2) is 51.9 Å². The highest BCUT2D eigenvalue weighted by atomic mass is 19.1. The quantitative estimate of drug-likeness (QED) is 0.828. The van der Waals surface area contributed by atoms with Gasteiger partial charge in [0.2, 0.25) is 5.95 Å². The zero-order valence-corrected chi connectivity index (χ0v) is 14.9. The molecule has 1 spiro atoms. The molecule has 1 atom stereocenters. The Morgan fingerprint density at radius 2 is 1.88 bits per heavy atom. The van der Waals surface area contributed by atoms with Crippen molar-refractivity contribution in [1.29, 1.82) is 0 Å². The Morgan fingerprint density at radius 1 is 1.08 bits per heavy atom. The molecular formula is C19H22FN5O. The molecule has 2 aromatic heterocycles. The van der Waals surface area contributed by atoms with E-state index < -0.39 is 5.82 Å². The Hall–Kier alpha value is -2.57. The molecule has 1 amide bonds. The number of rotatable bonds is 2. The van der Waals surface area contributed by atoms with E-state index in [0.29, 0.717) is 11.5 Å². The second kappa shape index (κ2) is 6.63. The number of aryl methyl sites for hydroxylation is 1. The molecule has 6 nitrogen and oxygen atoms in total. The number of pyridine rings is 1. The van der Waals surface area contributed by atoms with E-state index in [4.69, 9.17) is 0 Å². The third kappa shape index (κ3) is 3.25. The van der Waals surface area contributed by atoms with Crippen LogP contribution < -0.4 is 4.90 Å². The third-order valence-electron chi connectivity index (χ3n) is 5.43. The van der Waals surface area contributed by atoms with Gasteiger partial charge in [0.1, 0.15) is 0 Å². The minimum Gasteiger partial charge on any atom is -0.340 e. The number of hydrogen-bond acceptors (Lipinski definition) is 5. The molecule has 4 heterocycles. The highest BCUT2D eigenvalue weighted by Crippen LogP contribution is 2.40. The van der Waals surface area contributed by atoms with Crippen LogP contribution in [0.15, 0.2) is 30.7 Å². The maximum Gasteiger partial charge on any atom is 0.255 e. The van der Waals surface area contributed by atoms with E-state index in [2.05, 4.69) is 19.9 Å². The summed E-state index contributed by atoms with van der Waals surface area (Å²) in [5, 5.41) is 0. The molecule has 0 N–H and O–H groups in total. The first-order valence-corrected chi connectivity index (χ1v) is 8.99. The lowest BCUT2D eigenvalue weighted by atomic mass is 9.79. The maximum absolute atomic E-state index is 13.1. The normalized spacial score (nSPS) is 22.8. The molecule has 0 unspecified atom stereocenters. The second-order valence-electron chi connectivity index (χ2n) is 7.39. The van der Waals surface area contributed by atoms with E-state index in [9.17, 15) is 9.18 Å². The van der Waals surface area contributed by atoms with E-state index in [-0.39, 0.29) is 11.3 Å². The van der Waals surface area contributed by atoms with Gasteiger partial charge >= 0.3 is 0 Å². The number of anilines is 1. The molecule has 136 valence electrons. The van der Waals surface area contributed by atoms with Crippen LogP contribution in [0.3, 0.4) is 0 Å². The molecule has 2 saturated heterocycles. The van der Waals surface area contributed by atoms with E-state index in [1.807, 2.05) is 24.0 Å². The predicted molar refractivity (Wildman–Crippen MR) is 95.4 cm³/mol. The second-order valence-corrected chi connectivity index (χ2v) is 7.39. The van der Waals surface area contributed by atoms with Gasteiger partial charge in [-0.05, 0) is 38.3 Å². The lowest BCUT2D eigenvalue weighted by Crippen LogP contribution is -2.46. The number of nitrogens with zero attached hydrogens (tertiary/aromatic N) is 5. The number of likely N-dealkylation sites (tertiary alicyclic amines) is 1. The first-order chi connectivity index (χ1) is 12.5. The number of aromatic nitrogens is 3. The molecule has 0 saturated carbocycles. The third-order valence-corrected chi connectivity index (χ3v) is 5.43. The summed E-state index contributed by atoms with van der Waals surface area (Å²) >= 11 is 0. The van der Waals surface area contributed by atoms with Crippen LogP contribution in [0.25, 0.3) is 0 Å². The van der Waals surface area contributed by atoms with Crippen molar-refractivity contribution < 1.29 is 9.18 Å². The van der Waals surface area contributed by atoms with E-state index in [0.717, 1.165) is 51.1 Å². The first kappa shape index (κ1) is 16.9. The average Bonchev–Trinajstić information content (AvgIpc) is 3.05. The molecule has 0 bridgehead atoms. The van der Waals surface area contributed by atoms with Crippen LogP contribution in [0.1, 0.15) is 35.3 Å². The average molecular weight is 355 g/mol. The molecule has 2 aliphatic rings. The Kier molecular flexibility index (Phi) is 4.30. The number of hydrogen-bond donors (Lipinski definition) is 0. The summed E-state index contributed by atoms with van der Waals surface area (Å²) in [5.74, 6) is 0.187. The highest BCUT2D eigenvalue weighted by Gasteiger charge is 2.43. The molecule has 7 heteroatoms. The van der Waals surface area contributed by atoms with Gasteiger partial charge in [-0.25, -0.2) is 14.4 Å². The summed E-state index contributed by atoms with van der Waals surface area (Å²) in [6.07, 6.45) is 7.14. The first-order valence-electron chi connectivity index (χ1n) is 8.99. The lowest BCUT2D eigenvalue weighted by Gasteiger charge is -2.40. The van der Waals surface area contributed by atoms with Gasteiger partial charge in [0, 0.05) is 43.5 Å². The van der Waals surface area contributed by atoms with Gasteiger partial charge in [0.25, 0.3) is 5.91 Å². The van der Waals surface area contributed by atoms with Crippen LogP contribution >= 0.6 is 0 Å². The van der Waals surface area contributed by atoms with E-state index >= 15 is 0 Å². The van der Waals surface area contributed by atoms with Crippen LogP contribution in [0, 0.1) is 18.2 Å².